The second-order valence-corrected chi connectivity index (χ2v) is 9.20. The van der Waals surface area contributed by atoms with Crippen molar-refractivity contribution < 1.29 is 9.59 Å². The lowest BCUT2D eigenvalue weighted by atomic mass is 9.89. The first-order valence-electron chi connectivity index (χ1n) is 11.7. The van der Waals surface area contributed by atoms with Crippen molar-refractivity contribution in [3.63, 3.8) is 0 Å². The van der Waals surface area contributed by atoms with E-state index in [0.29, 0.717) is 21.8 Å². The summed E-state index contributed by atoms with van der Waals surface area (Å²) in [7, 11) is 0. The number of carbonyl (C=O) groups excluding carboxylic acids is 2. The van der Waals surface area contributed by atoms with Gasteiger partial charge in [0, 0.05) is 58.3 Å². The van der Waals surface area contributed by atoms with Crippen molar-refractivity contribution in [1.82, 2.24) is 20.2 Å². The topological polar surface area (TPSA) is 96.0 Å². The fourth-order valence-electron chi connectivity index (χ4n) is 4.63. The fraction of sp³-hybridized carbons (Fsp3) is 0.222. The van der Waals surface area contributed by atoms with Crippen LogP contribution in [0.1, 0.15) is 46.4 Å². The lowest BCUT2D eigenvalue weighted by molar-refractivity contribution is 0.0863. The SMILES string of the molecule is O=C(NC1CCCCC1NC(=O)c1ccc2c(Cl)c[nH]c2c1)c1ccc(-n2ccccc2=O)cc1. The Morgan fingerprint density at radius 3 is 2.23 bits per heavy atom. The number of nitrogens with one attached hydrogen (secondary N) is 3. The quantitative estimate of drug-likeness (QED) is 0.387. The number of amides is 2. The summed E-state index contributed by atoms with van der Waals surface area (Å²) in [5.41, 5.74) is 2.40. The molecular formula is C27H25ClN4O3. The minimum Gasteiger partial charge on any atom is -0.360 e. The summed E-state index contributed by atoms with van der Waals surface area (Å²) in [5.74, 6) is -0.382. The summed E-state index contributed by atoms with van der Waals surface area (Å²) in [4.78, 5) is 41.0. The smallest absolute Gasteiger partial charge is 0.255 e. The van der Waals surface area contributed by atoms with Crippen molar-refractivity contribution >= 4 is 34.3 Å². The van der Waals surface area contributed by atoms with Gasteiger partial charge in [0.15, 0.2) is 0 Å². The number of benzene rings is 2. The van der Waals surface area contributed by atoms with Crippen LogP contribution in [0.2, 0.25) is 5.02 Å². The van der Waals surface area contributed by atoms with Crippen LogP contribution in [0.4, 0.5) is 0 Å². The van der Waals surface area contributed by atoms with E-state index in [2.05, 4.69) is 15.6 Å². The number of aromatic amines is 1. The second-order valence-electron chi connectivity index (χ2n) is 8.80. The summed E-state index contributed by atoms with van der Waals surface area (Å²) in [6.07, 6.45) is 6.95. The lowest BCUT2D eigenvalue weighted by Gasteiger charge is -2.33. The van der Waals surface area contributed by atoms with E-state index < -0.39 is 0 Å². The third kappa shape index (κ3) is 4.86. The number of hydrogen-bond donors (Lipinski definition) is 3. The van der Waals surface area contributed by atoms with Gasteiger partial charge in [0.05, 0.1) is 5.02 Å². The number of nitrogens with zero attached hydrogens (tertiary/aromatic N) is 1. The molecule has 8 heteroatoms. The van der Waals surface area contributed by atoms with Crippen LogP contribution in [0.15, 0.2) is 77.9 Å². The molecule has 0 bridgehead atoms. The molecule has 2 heterocycles. The average molecular weight is 489 g/mol. The zero-order chi connectivity index (χ0) is 24.4. The number of hydrogen-bond acceptors (Lipinski definition) is 3. The highest BCUT2D eigenvalue weighted by atomic mass is 35.5. The average Bonchev–Trinajstić information content (AvgIpc) is 3.25. The van der Waals surface area contributed by atoms with Gasteiger partial charge >= 0.3 is 0 Å². The molecule has 1 fully saturated rings. The number of fused-ring (bicyclic) bond motifs is 1. The Labute approximate surface area is 207 Å². The zero-order valence-corrected chi connectivity index (χ0v) is 19.7. The Morgan fingerprint density at radius 1 is 0.886 bits per heavy atom. The molecule has 0 aliphatic heterocycles. The minimum absolute atomic E-state index is 0.135. The van der Waals surface area contributed by atoms with Gasteiger partial charge in [-0.25, -0.2) is 0 Å². The molecule has 4 aromatic rings. The molecule has 1 aliphatic carbocycles. The number of rotatable bonds is 5. The Kier molecular flexibility index (Phi) is 6.42. The molecule has 178 valence electrons. The first-order chi connectivity index (χ1) is 17.0. The molecule has 0 radical (unpaired) electrons. The van der Waals surface area contributed by atoms with E-state index in [1.165, 1.54) is 10.6 Å². The number of aromatic nitrogens is 2. The minimum atomic E-state index is -0.203. The molecule has 35 heavy (non-hydrogen) atoms. The highest BCUT2D eigenvalue weighted by Crippen LogP contribution is 2.24. The Bertz CT molecular complexity index is 1440. The van der Waals surface area contributed by atoms with Gasteiger partial charge in [-0.1, -0.05) is 36.6 Å². The van der Waals surface area contributed by atoms with Crippen LogP contribution in [-0.4, -0.2) is 33.4 Å². The van der Waals surface area contributed by atoms with Gasteiger partial charge in [-0.05, 0) is 55.3 Å². The number of pyridine rings is 1. The maximum Gasteiger partial charge on any atom is 0.255 e. The van der Waals surface area contributed by atoms with Crippen molar-refractivity contribution in [1.29, 1.82) is 0 Å². The van der Waals surface area contributed by atoms with E-state index in [4.69, 9.17) is 11.6 Å². The van der Waals surface area contributed by atoms with Gasteiger partial charge < -0.3 is 15.6 Å². The van der Waals surface area contributed by atoms with Gasteiger partial charge in [-0.15, -0.1) is 0 Å². The molecule has 2 aromatic carbocycles. The summed E-state index contributed by atoms with van der Waals surface area (Å²) in [6.45, 7) is 0. The molecule has 1 saturated carbocycles. The number of halogens is 1. The predicted octanol–water partition coefficient (Wildman–Crippen LogP) is 4.44. The highest BCUT2D eigenvalue weighted by Gasteiger charge is 2.28. The van der Waals surface area contributed by atoms with Crippen LogP contribution in [0.25, 0.3) is 16.6 Å². The van der Waals surface area contributed by atoms with Crippen LogP contribution < -0.4 is 16.2 Å². The third-order valence-electron chi connectivity index (χ3n) is 6.52. The van der Waals surface area contributed by atoms with Gasteiger partial charge in [-0.3, -0.25) is 19.0 Å². The van der Waals surface area contributed by atoms with E-state index in [9.17, 15) is 14.4 Å². The third-order valence-corrected chi connectivity index (χ3v) is 6.84. The molecule has 1 aliphatic rings. The van der Waals surface area contributed by atoms with Crippen LogP contribution in [0, 0.1) is 0 Å². The second kappa shape index (κ2) is 9.80. The summed E-state index contributed by atoms with van der Waals surface area (Å²) in [5, 5.41) is 7.70. The molecule has 5 rings (SSSR count). The Morgan fingerprint density at radius 2 is 1.54 bits per heavy atom. The monoisotopic (exact) mass is 488 g/mol. The van der Waals surface area contributed by atoms with Gasteiger partial charge in [0.25, 0.3) is 17.4 Å². The molecule has 2 aromatic heterocycles. The van der Waals surface area contributed by atoms with Crippen LogP contribution in [0.5, 0.6) is 0 Å². The van der Waals surface area contributed by atoms with Gasteiger partial charge in [-0.2, -0.15) is 0 Å². The zero-order valence-electron chi connectivity index (χ0n) is 19.0. The first kappa shape index (κ1) is 22.9. The lowest BCUT2D eigenvalue weighted by Crippen LogP contribution is -2.53. The summed E-state index contributed by atoms with van der Waals surface area (Å²) >= 11 is 6.14. The molecule has 7 nitrogen and oxygen atoms in total. The van der Waals surface area contributed by atoms with Crippen LogP contribution >= 0.6 is 11.6 Å². The van der Waals surface area contributed by atoms with Crippen molar-refractivity contribution in [2.24, 2.45) is 0 Å². The van der Waals surface area contributed by atoms with Crippen molar-refractivity contribution in [2.75, 3.05) is 0 Å². The van der Waals surface area contributed by atoms with Crippen LogP contribution in [-0.2, 0) is 0 Å². The van der Waals surface area contributed by atoms with Crippen LogP contribution in [0.3, 0.4) is 0 Å². The molecule has 0 spiro atoms. The Balaban J connectivity index is 1.27. The van der Waals surface area contributed by atoms with E-state index in [1.54, 1.807) is 60.9 Å². The van der Waals surface area contributed by atoms with E-state index in [-0.39, 0.29) is 29.5 Å². The summed E-state index contributed by atoms with van der Waals surface area (Å²) < 4.78 is 1.52. The van der Waals surface area contributed by atoms with E-state index >= 15 is 0 Å². The highest BCUT2D eigenvalue weighted by molar-refractivity contribution is 6.35. The molecule has 3 N–H and O–H groups in total. The fourth-order valence-corrected chi connectivity index (χ4v) is 4.85. The molecule has 0 saturated heterocycles. The first-order valence-corrected chi connectivity index (χ1v) is 12.0. The summed E-state index contributed by atoms with van der Waals surface area (Å²) in [6, 6.07) is 16.9. The molecule has 2 amide bonds. The van der Waals surface area contributed by atoms with E-state index in [1.807, 2.05) is 6.07 Å². The molecular weight excluding hydrogens is 464 g/mol. The van der Waals surface area contributed by atoms with Gasteiger partial charge in [0.2, 0.25) is 0 Å². The number of H-pyrrole nitrogens is 1. The maximum atomic E-state index is 13.0. The standard InChI is InChI=1S/C27H25ClN4O3/c28-21-16-29-24-15-18(10-13-20(21)24)27(35)31-23-6-2-1-5-22(23)30-26(34)17-8-11-19(12-9-17)32-14-4-3-7-25(32)33/h3-4,7-16,22-23,29H,1-2,5-6H2,(H,30,34)(H,31,35). The molecule has 2 atom stereocenters. The Hall–Kier alpha value is -3.84. The van der Waals surface area contributed by atoms with Gasteiger partial charge in [0.1, 0.15) is 0 Å². The normalized spacial score (nSPS) is 17.7. The van der Waals surface area contributed by atoms with E-state index in [0.717, 1.165) is 36.6 Å². The van der Waals surface area contributed by atoms with Crippen molar-refractivity contribution in [3.8, 4) is 5.69 Å². The largest absolute Gasteiger partial charge is 0.360 e. The number of carbonyl (C=O) groups is 2. The maximum absolute atomic E-state index is 13.0. The predicted molar refractivity (Wildman–Crippen MR) is 136 cm³/mol. The van der Waals surface area contributed by atoms with Crippen molar-refractivity contribution in [3.05, 3.63) is 99.6 Å². The molecule has 2 unspecified atom stereocenters. The van der Waals surface area contributed by atoms with Crippen molar-refractivity contribution in [2.45, 2.75) is 37.8 Å².